The maximum absolute atomic E-state index is 8.74. The molecule has 0 saturated carbocycles. The molecule has 1 heterocycles. The molecule has 2 heteroatoms. The summed E-state index contributed by atoms with van der Waals surface area (Å²) in [7, 11) is 1.83. The molecule has 1 rings (SSSR count). The predicted octanol–water partition coefficient (Wildman–Crippen LogP) is 0.499. The third-order valence-electron chi connectivity index (χ3n) is 1.54. The van der Waals surface area contributed by atoms with E-state index in [1.54, 1.807) is 4.57 Å². The lowest BCUT2D eigenvalue weighted by atomic mass is 10.4. The van der Waals surface area contributed by atoms with Crippen molar-refractivity contribution in [1.82, 2.24) is 4.57 Å². The van der Waals surface area contributed by atoms with E-state index in [1.807, 2.05) is 19.2 Å². The van der Waals surface area contributed by atoms with Gasteiger partial charge in [-0.3, -0.25) is 0 Å². The average Bonchev–Trinajstić information content (AvgIpc) is 2.30. The minimum atomic E-state index is 0.0399. The summed E-state index contributed by atoms with van der Waals surface area (Å²) in [6, 6.07) is 3.63. The van der Waals surface area contributed by atoms with Crippen molar-refractivity contribution < 1.29 is 5.11 Å². The smallest absolute Gasteiger partial charge is 0.0917 e. The maximum atomic E-state index is 8.74. The SMILES string of the molecule is C#Cc1ccc(CO)n1C. The number of nitrogens with zero attached hydrogens (tertiary/aromatic N) is 1. The quantitative estimate of drug-likeness (QED) is 0.557. The van der Waals surface area contributed by atoms with Crippen LogP contribution in [0.15, 0.2) is 12.1 Å². The third-order valence-corrected chi connectivity index (χ3v) is 1.54. The lowest BCUT2D eigenvalue weighted by molar-refractivity contribution is 0.272. The fourth-order valence-corrected chi connectivity index (χ4v) is 0.857. The molecule has 0 aliphatic heterocycles. The van der Waals surface area contributed by atoms with Gasteiger partial charge in [0, 0.05) is 12.7 Å². The van der Waals surface area contributed by atoms with Gasteiger partial charge in [0.1, 0.15) is 0 Å². The van der Waals surface area contributed by atoms with E-state index in [1.165, 1.54) is 0 Å². The Morgan fingerprint density at radius 3 is 2.70 bits per heavy atom. The molecule has 0 amide bonds. The molecule has 0 aliphatic carbocycles. The van der Waals surface area contributed by atoms with Crippen LogP contribution in [0.2, 0.25) is 0 Å². The number of hydrogen-bond acceptors (Lipinski definition) is 1. The Morgan fingerprint density at radius 2 is 2.40 bits per heavy atom. The number of aliphatic hydroxyl groups is 1. The first kappa shape index (κ1) is 6.91. The molecule has 2 nitrogen and oxygen atoms in total. The van der Waals surface area contributed by atoms with E-state index < -0.39 is 0 Å². The van der Waals surface area contributed by atoms with E-state index in [-0.39, 0.29) is 6.61 Å². The maximum Gasteiger partial charge on any atom is 0.0917 e. The van der Waals surface area contributed by atoms with Gasteiger partial charge in [0.05, 0.1) is 12.3 Å². The van der Waals surface area contributed by atoms with E-state index in [9.17, 15) is 0 Å². The van der Waals surface area contributed by atoms with Crippen molar-refractivity contribution in [3.63, 3.8) is 0 Å². The van der Waals surface area contributed by atoms with E-state index in [0.29, 0.717) is 0 Å². The van der Waals surface area contributed by atoms with Crippen LogP contribution in [0.5, 0.6) is 0 Å². The van der Waals surface area contributed by atoms with Gasteiger partial charge >= 0.3 is 0 Å². The topological polar surface area (TPSA) is 25.2 Å². The van der Waals surface area contributed by atoms with Gasteiger partial charge in [0.2, 0.25) is 0 Å². The predicted molar refractivity (Wildman–Crippen MR) is 39.3 cm³/mol. The van der Waals surface area contributed by atoms with Crippen LogP contribution < -0.4 is 0 Å². The molecule has 0 spiro atoms. The number of terminal acetylenes is 1. The summed E-state index contributed by atoms with van der Waals surface area (Å²) in [6.07, 6.45) is 5.17. The van der Waals surface area contributed by atoms with Crippen molar-refractivity contribution in [2.24, 2.45) is 7.05 Å². The van der Waals surface area contributed by atoms with Gasteiger partial charge in [-0.1, -0.05) is 5.92 Å². The van der Waals surface area contributed by atoms with Crippen molar-refractivity contribution in [1.29, 1.82) is 0 Å². The highest BCUT2D eigenvalue weighted by Crippen LogP contribution is 2.04. The van der Waals surface area contributed by atoms with Gasteiger partial charge in [-0.25, -0.2) is 0 Å². The largest absolute Gasteiger partial charge is 0.390 e. The molecule has 0 fully saturated rings. The van der Waals surface area contributed by atoms with Crippen LogP contribution in [0.3, 0.4) is 0 Å². The molecule has 0 radical (unpaired) electrons. The zero-order valence-electron chi connectivity index (χ0n) is 5.83. The van der Waals surface area contributed by atoms with Crippen LogP contribution in [-0.4, -0.2) is 9.67 Å². The normalized spacial score (nSPS) is 9.30. The molecule has 0 bridgehead atoms. The number of aliphatic hydroxyl groups excluding tert-OH is 1. The van der Waals surface area contributed by atoms with Crippen LogP contribution in [0.1, 0.15) is 11.4 Å². The molecular weight excluding hydrogens is 126 g/mol. The second kappa shape index (κ2) is 2.59. The Hall–Kier alpha value is -1.20. The van der Waals surface area contributed by atoms with Crippen LogP contribution in [-0.2, 0) is 13.7 Å². The van der Waals surface area contributed by atoms with E-state index >= 15 is 0 Å². The van der Waals surface area contributed by atoms with Gasteiger partial charge in [0.25, 0.3) is 0 Å². The van der Waals surface area contributed by atoms with Crippen LogP contribution in [0.4, 0.5) is 0 Å². The molecule has 0 aromatic carbocycles. The summed E-state index contributed by atoms with van der Waals surface area (Å²) in [6.45, 7) is 0.0399. The molecule has 1 N–H and O–H groups in total. The molecule has 10 heavy (non-hydrogen) atoms. The lowest BCUT2D eigenvalue weighted by Crippen LogP contribution is -1.97. The van der Waals surface area contributed by atoms with Crippen molar-refractivity contribution in [3.8, 4) is 12.3 Å². The number of rotatable bonds is 1. The highest BCUT2D eigenvalue weighted by molar-refractivity contribution is 5.29. The highest BCUT2D eigenvalue weighted by Gasteiger charge is 1.98. The first-order valence-corrected chi connectivity index (χ1v) is 3.01. The molecule has 0 atom stereocenters. The molecule has 52 valence electrons. The summed E-state index contributed by atoms with van der Waals surface area (Å²) in [5, 5.41) is 8.74. The van der Waals surface area contributed by atoms with Crippen molar-refractivity contribution in [3.05, 3.63) is 23.5 Å². The standard InChI is InChI=1S/C8H9NO/c1-3-7-4-5-8(6-10)9(7)2/h1,4-5,10H,6H2,2H3. The summed E-state index contributed by atoms with van der Waals surface area (Å²) in [5.41, 5.74) is 1.64. The summed E-state index contributed by atoms with van der Waals surface area (Å²) in [4.78, 5) is 0. The van der Waals surface area contributed by atoms with Crippen molar-refractivity contribution >= 4 is 0 Å². The van der Waals surface area contributed by atoms with Gasteiger partial charge in [-0.05, 0) is 12.1 Å². The third kappa shape index (κ3) is 0.916. The molecule has 1 aromatic rings. The van der Waals surface area contributed by atoms with Crippen LogP contribution in [0.25, 0.3) is 0 Å². The Morgan fingerprint density at radius 1 is 1.70 bits per heavy atom. The number of aromatic nitrogens is 1. The fourth-order valence-electron chi connectivity index (χ4n) is 0.857. The average molecular weight is 135 g/mol. The zero-order chi connectivity index (χ0) is 7.56. The molecule has 0 saturated heterocycles. The lowest BCUT2D eigenvalue weighted by Gasteiger charge is -1.98. The summed E-state index contributed by atoms with van der Waals surface area (Å²) in [5.74, 6) is 2.50. The highest BCUT2D eigenvalue weighted by atomic mass is 16.3. The Labute approximate surface area is 60.1 Å². The van der Waals surface area contributed by atoms with Crippen LogP contribution in [0, 0.1) is 12.3 Å². The van der Waals surface area contributed by atoms with Gasteiger partial charge in [-0.15, -0.1) is 6.42 Å². The zero-order valence-corrected chi connectivity index (χ0v) is 5.83. The van der Waals surface area contributed by atoms with Crippen LogP contribution >= 0.6 is 0 Å². The second-order valence-corrected chi connectivity index (χ2v) is 2.07. The molecule has 1 aromatic heterocycles. The van der Waals surface area contributed by atoms with Crippen molar-refractivity contribution in [2.75, 3.05) is 0 Å². The minimum Gasteiger partial charge on any atom is -0.390 e. The first-order valence-electron chi connectivity index (χ1n) is 3.01. The van der Waals surface area contributed by atoms with Gasteiger partial charge in [-0.2, -0.15) is 0 Å². The minimum absolute atomic E-state index is 0.0399. The molecule has 0 unspecified atom stereocenters. The Balaban J connectivity index is 3.12. The van der Waals surface area contributed by atoms with E-state index in [2.05, 4.69) is 5.92 Å². The van der Waals surface area contributed by atoms with Gasteiger partial charge in [0.15, 0.2) is 0 Å². The molecule has 0 aliphatic rings. The van der Waals surface area contributed by atoms with E-state index in [0.717, 1.165) is 11.4 Å². The Kier molecular flexibility index (Phi) is 1.79. The number of hydrogen-bond donors (Lipinski definition) is 1. The van der Waals surface area contributed by atoms with Crippen molar-refractivity contribution in [2.45, 2.75) is 6.61 Å². The fraction of sp³-hybridized carbons (Fsp3) is 0.250. The first-order chi connectivity index (χ1) is 4.79. The summed E-state index contributed by atoms with van der Waals surface area (Å²) < 4.78 is 1.79. The monoisotopic (exact) mass is 135 g/mol. The summed E-state index contributed by atoms with van der Waals surface area (Å²) >= 11 is 0. The van der Waals surface area contributed by atoms with Gasteiger partial charge < -0.3 is 9.67 Å². The molecular formula is C8H9NO. The Bertz CT molecular complexity index is 267. The second-order valence-electron chi connectivity index (χ2n) is 2.07. The van der Waals surface area contributed by atoms with E-state index in [4.69, 9.17) is 11.5 Å².